The first-order valence-electron chi connectivity index (χ1n) is 26.0. The zero-order valence-electron chi connectivity index (χ0n) is 46.4. The number of alkyl halides is 8. The standard InChI is InChI=1S/C56H36F8N4O.Pt/c1-52(2,3)36-26-27-65-50(28-36)68-46-23-11-10-20-42(46)43-25-24-39(30-47(43)68)69-38-19-12-18-37(29-38)66-33-67(49-32-45-44(31-48(49)66)53(57,58)55(61,62)56(63,64)54(45,59)60)51-40(34-14-6-4-7-15-34)21-13-22-41(51)35-16-8-5-9-17-35;/h4-28,31-32H,1-3H3;/q-2;/i4D,5D,6D,7D,8D,9D,14D,15D,16D,17D;. The summed E-state index contributed by atoms with van der Waals surface area (Å²) in [4.78, 5) is 4.68. The molecule has 0 bridgehead atoms. The minimum Gasteiger partial charge on any atom is -0.510 e. The van der Waals surface area contributed by atoms with E-state index in [2.05, 4.69) is 44.2 Å². The molecule has 14 heteroatoms. The number of para-hydroxylation sites is 2. The molecule has 5 nitrogen and oxygen atoms in total. The van der Waals surface area contributed by atoms with Crippen molar-refractivity contribution in [2.75, 3.05) is 0 Å². The van der Waals surface area contributed by atoms with Crippen molar-refractivity contribution in [3.05, 3.63) is 199 Å². The Hall–Kier alpha value is -7.11. The number of hydrogen-bond donors (Lipinski definition) is 0. The molecule has 354 valence electrons. The molecule has 11 rings (SSSR count). The topological polar surface area (TPSA) is 35.9 Å². The molecule has 0 amide bonds. The Bertz CT molecular complexity index is 4130. The Kier molecular flexibility index (Phi) is 8.47. The van der Waals surface area contributed by atoms with Gasteiger partial charge in [0.1, 0.15) is 5.82 Å². The molecule has 3 heterocycles. The normalized spacial score (nSPS) is 17.7. The van der Waals surface area contributed by atoms with E-state index in [1.165, 1.54) is 24.3 Å². The average Bonchev–Trinajstić information content (AvgIpc) is 3.37. The van der Waals surface area contributed by atoms with Crippen LogP contribution in [0.15, 0.2) is 164 Å². The van der Waals surface area contributed by atoms with Crippen molar-refractivity contribution in [3.63, 3.8) is 0 Å². The number of benzene rings is 7. The van der Waals surface area contributed by atoms with E-state index < -0.39 is 134 Å². The fourth-order valence-electron chi connectivity index (χ4n) is 8.63. The third-order valence-electron chi connectivity index (χ3n) is 12.1. The second kappa shape index (κ2) is 16.5. The van der Waals surface area contributed by atoms with E-state index in [9.17, 15) is 0 Å². The smallest absolute Gasteiger partial charge is 0.382 e. The maximum Gasteiger partial charge on any atom is 0.382 e. The van der Waals surface area contributed by atoms with Crippen LogP contribution in [0.25, 0.3) is 72.3 Å². The molecule has 0 spiro atoms. The Labute approximate surface area is 424 Å². The molecule has 0 atom stereocenters. The summed E-state index contributed by atoms with van der Waals surface area (Å²) in [5.74, 6) is -24.8. The molecule has 3 aromatic heterocycles. The second-order valence-corrected chi connectivity index (χ2v) is 17.2. The van der Waals surface area contributed by atoms with Gasteiger partial charge >= 0.3 is 23.7 Å². The van der Waals surface area contributed by atoms with Crippen LogP contribution in [0.4, 0.5) is 35.1 Å². The van der Waals surface area contributed by atoms with Gasteiger partial charge in [-0.1, -0.05) is 123 Å². The van der Waals surface area contributed by atoms with Crippen molar-refractivity contribution in [3.8, 4) is 50.9 Å². The van der Waals surface area contributed by atoms with Crippen LogP contribution < -0.4 is 9.30 Å². The van der Waals surface area contributed by atoms with E-state index in [1.807, 2.05) is 41.0 Å². The van der Waals surface area contributed by atoms with Gasteiger partial charge in [0.25, 0.3) is 6.33 Å². The number of pyridine rings is 1. The maximum absolute atomic E-state index is 16.1. The van der Waals surface area contributed by atoms with Gasteiger partial charge in [0.2, 0.25) is 0 Å². The largest absolute Gasteiger partial charge is 0.510 e. The molecule has 0 saturated carbocycles. The van der Waals surface area contributed by atoms with Crippen LogP contribution in [0.1, 0.15) is 51.2 Å². The van der Waals surface area contributed by atoms with Gasteiger partial charge in [-0.15, -0.1) is 29.7 Å². The van der Waals surface area contributed by atoms with Crippen molar-refractivity contribution in [1.82, 2.24) is 14.1 Å². The van der Waals surface area contributed by atoms with Gasteiger partial charge in [-0.25, -0.2) is 4.98 Å². The number of nitrogens with zero attached hydrogens (tertiary/aromatic N) is 4. The van der Waals surface area contributed by atoms with E-state index in [0.717, 1.165) is 43.1 Å². The van der Waals surface area contributed by atoms with Crippen molar-refractivity contribution in [1.29, 1.82) is 0 Å². The van der Waals surface area contributed by atoms with Crippen LogP contribution in [0.5, 0.6) is 11.5 Å². The summed E-state index contributed by atoms with van der Waals surface area (Å²) in [6, 6.07) is 20.1. The van der Waals surface area contributed by atoms with Gasteiger partial charge in [0, 0.05) is 55.4 Å². The molecular formula is C56H36F8N4OPt-2. The van der Waals surface area contributed by atoms with Crippen LogP contribution >= 0.6 is 0 Å². The number of aromatic nitrogens is 4. The first kappa shape index (κ1) is 35.9. The van der Waals surface area contributed by atoms with Crippen molar-refractivity contribution in [2.45, 2.75) is 49.9 Å². The van der Waals surface area contributed by atoms with Gasteiger partial charge in [0.15, 0.2) is 0 Å². The summed E-state index contributed by atoms with van der Waals surface area (Å²) in [7, 11) is 0. The van der Waals surface area contributed by atoms with Crippen LogP contribution in [0.3, 0.4) is 0 Å². The molecule has 0 fully saturated rings. The van der Waals surface area contributed by atoms with Gasteiger partial charge in [0.05, 0.1) is 30.4 Å². The summed E-state index contributed by atoms with van der Waals surface area (Å²) >= 11 is 0. The predicted octanol–water partition coefficient (Wildman–Crippen LogP) is 14.7. The molecule has 7 aromatic carbocycles. The molecule has 0 aliphatic heterocycles. The molecule has 1 aliphatic carbocycles. The summed E-state index contributed by atoms with van der Waals surface area (Å²) in [5.41, 5.74) is -6.90. The zero-order chi connectivity index (χ0) is 57.0. The van der Waals surface area contributed by atoms with Crippen molar-refractivity contribution in [2.24, 2.45) is 0 Å². The predicted molar refractivity (Wildman–Crippen MR) is 247 cm³/mol. The molecular weight excluding hydrogens is 1090 g/mol. The van der Waals surface area contributed by atoms with Crippen molar-refractivity contribution >= 4 is 32.8 Å². The van der Waals surface area contributed by atoms with E-state index >= 15 is 35.1 Å². The number of halogens is 8. The van der Waals surface area contributed by atoms with E-state index in [4.69, 9.17) is 18.4 Å². The first-order chi connectivity index (χ1) is 37.0. The molecule has 0 radical (unpaired) electrons. The fraction of sp³-hybridized carbons (Fsp3) is 0.143. The Balaban J connectivity index is 0.00000720. The van der Waals surface area contributed by atoms with E-state index in [0.29, 0.717) is 11.3 Å². The molecule has 70 heavy (non-hydrogen) atoms. The molecule has 0 unspecified atom stereocenters. The molecule has 0 saturated heterocycles. The summed E-state index contributed by atoms with van der Waals surface area (Å²) in [5, 5.41) is 1.62. The van der Waals surface area contributed by atoms with Gasteiger partial charge in [-0.2, -0.15) is 53.3 Å². The Morgan fingerprint density at radius 3 is 1.87 bits per heavy atom. The number of imidazole rings is 1. The Morgan fingerprint density at radius 1 is 0.629 bits per heavy atom. The van der Waals surface area contributed by atoms with Crippen molar-refractivity contribution < 1.29 is 79.2 Å². The van der Waals surface area contributed by atoms with Gasteiger partial charge in [-0.3, -0.25) is 4.57 Å². The second-order valence-electron chi connectivity index (χ2n) is 17.2. The Morgan fingerprint density at radius 2 is 1.23 bits per heavy atom. The zero-order valence-corrected chi connectivity index (χ0v) is 38.6. The molecule has 10 aromatic rings. The first-order valence-corrected chi connectivity index (χ1v) is 21.0. The SMILES string of the molecule is [2H]c1c([2H])c([2H])c(-c2cccc(-c3c([2H])c([2H])c([2H])c([2H])c3[2H])c2-[n+]2[c-]n(-c3[c-]c(Oc4[c-]c5c(cc4)c4ccccc4n5-c4cc(C(C)(C)C)ccn4)ccc3)c3cc4c(cc32)C(F)(F)C(F)(F)C(F)(F)C4(F)F)c([2H])c1[2H].[Pt]. The third-order valence-corrected chi connectivity index (χ3v) is 12.1. The van der Waals surface area contributed by atoms with Crippen LogP contribution in [-0.2, 0) is 38.3 Å². The average molecular weight is 1140 g/mol. The summed E-state index contributed by atoms with van der Waals surface area (Å²) in [6.45, 7) is 6.17. The quantitative estimate of drug-likeness (QED) is 0.0906. The van der Waals surface area contributed by atoms with Crippen LogP contribution in [0.2, 0.25) is 0 Å². The minimum atomic E-state index is -6.70. The third kappa shape index (κ3) is 7.06. The molecule has 0 N–H and O–H groups in total. The van der Waals surface area contributed by atoms with Crippen LogP contribution in [-0.4, -0.2) is 26.0 Å². The number of rotatable bonds is 7. The number of ether oxygens (including phenoxy) is 1. The summed E-state index contributed by atoms with van der Waals surface area (Å²) < 4.78 is 222. The monoisotopic (exact) mass is 1140 g/mol. The van der Waals surface area contributed by atoms with E-state index in [-0.39, 0.29) is 55.8 Å². The molecule has 1 aliphatic rings. The van der Waals surface area contributed by atoms with E-state index in [1.54, 1.807) is 18.3 Å². The minimum absolute atomic E-state index is 0. The van der Waals surface area contributed by atoms with Gasteiger partial charge in [-0.05, 0) is 74.6 Å². The maximum atomic E-state index is 16.1. The summed E-state index contributed by atoms with van der Waals surface area (Å²) in [6.07, 6.45) is 4.44. The fourth-order valence-corrected chi connectivity index (χ4v) is 8.63. The number of hydrogen-bond acceptors (Lipinski definition) is 2. The van der Waals surface area contributed by atoms with Gasteiger partial charge < -0.3 is 13.9 Å². The number of fused-ring (bicyclic) bond motifs is 5. The van der Waals surface area contributed by atoms with Crippen LogP contribution in [0, 0.1) is 18.5 Å².